The van der Waals surface area contributed by atoms with Gasteiger partial charge in [0.1, 0.15) is 5.69 Å². The fourth-order valence-corrected chi connectivity index (χ4v) is 5.41. The zero-order chi connectivity index (χ0) is 25.0. The molecule has 0 fully saturated rings. The van der Waals surface area contributed by atoms with E-state index in [0.717, 1.165) is 18.2 Å². The number of hydrogen-bond donors (Lipinski definition) is 1. The number of hydrogen-bond acceptors (Lipinski definition) is 7. The monoisotopic (exact) mass is 513 g/mol. The summed E-state index contributed by atoms with van der Waals surface area (Å²) in [6.07, 6.45) is 1.69. The highest BCUT2D eigenvalue weighted by Crippen LogP contribution is 2.34. The Hall–Kier alpha value is -3.21. The third-order valence-electron chi connectivity index (χ3n) is 5.44. The van der Waals surface area contributed by atoms with Gasteiger partial charge in [0.25, 0.3) is 5.91 Å². The lowest BCUT2D eigenvalue weighted by atomic mass is 10.2. The van der Waals surface area contributed by atoms with Crippen molar-refractivity contribution in [1.29, 1.82) is 0 Å². The third kappa shape index (κ3) is 5.39. The Balaban J connectivity index is 1.47. The van der Waals surface area contributed by atoms with Crippen molar-refractivity contribution in [2.24, 2.45) is 0 Å². The molecule has 0 saturated heterocycles. The van der Waals surface area contributed by atoms with Crippen LogP contribution < -0.4 is 10.1 Å². The molecule has 0 atom stereocenters. The number of benzene rings is 2. The number of rotatable bonds is 10. The number of unbranched alkanes of at least 4 members (excludes halogenated alkanes) is 1. The smallest absolute Gasteiger partial charge is 0.257 e. The molecule has 35 heavy (non-hydrogen) atoms. The second-order valence-electron chi connectivity index (χ2n) is 7.91. The molecule has 0 unspecified atom stereocenters. The van der Waals surface area contributed by atoms with Crippen LogP contribution in [0.5, 0.6) is 5.75 Å². The number of amides is 1. The molecule has 184 valence electrons. The van der Waals surface area contributed by atoms with Gasteiger partial charge in [-0.3, -0.25) is 10.1 Å². The molecule has 0 radical (unpaired) electrons. The molecular formula is C25H27N3O5S2. The number of carbonyl (C=O) groups is 1. The van der Waals surface area contributed by atoms with Crippen LogP contribution in [0, 0.1) is 0 Å². The summed E-state index contributed by atoms with van der Waals surface area (Å²) in [6, 6.07) is 13.5. The van der Waals surface area contributed by atoms with Gasteiger partial charge >= 0.3 is 0 Å². The summed E-state index contributed by atoms with van der Waals surface area (Å²) < 4.78 is 38.3. The number of ether oxygens (including phenoxy) is 1. The van der Waals surface area contributed by atoms with E-state index in [1.165, 1.54) is 39.9 Å². The van der Waals surface area contributed by atoms with Gasteiger partial charge in [-0.05, 0) is 49.7 Å². The average Bonchev–Trinajstić information content (AvgIpc) is 3.50. The number of carbonyl (C=O) groups excluding carboxylic acids is 1. The summed E-state index contributed by atoms with van der Waals surface area (Å²) in [5.41, 5.74) is 1.58. The maximum absolute atomic E-state index is 12.7. The van der Waals surface area contributed by atoms with Crippen molar-refractivity contribution in [3.8, 4) is 17.2 Å². The molecule has 4 aromatic rings. The molecule has 2 heterocycles. The minimum absolute atomic E-state index is 0.153. The summed E-state index contributed by atoms with van der Waals surface area (Å²) in [5, 5.41) is 5.88. The van der Waals surface area contributed by atoms with Crippen LogP contribution in [0.4, 0.5) is 5.13 Å². The van der Waals surface area contributed by atoms with Gasteiger partial charge in [-0.2, -0.15) is 0 Å². The van der Waals surface area contributed by atoms with Gasteiger partial charge in [-0.1, -0.05) is 25.5 Å². The minimum atomic E-state index is -3.59. The summed E-state index contributed by atoms with van der Waals surface area (Å²) >= 11 is 1.27. The van der Waals surface area contributed by atoms with Crippen LogP contribution in [-0.2, 0) is 10.0 Å². The molecule has 8 nitrogen and oxygen atoms in total. The van der Waals surface area contributed by atoms with E-state index in [1.807, 2.05) is 38.1 Å². The van der Waals surface area contributed by atoms with E-state index >= 15 is 0 Å². The molecule has 10 heteroatoms. The number of furan rings is 1. The quantitative estimate of drug-likeness (QED) is 0.295. The van der Waals surface area contributed by atoms with Gasteiger partial charge in [-0.15, -0.1) is 11.3 Å². The molecule has 0 spiro atoms. The first-order chi connectivity index (χ1) is 16.8. The molecule has 2 aromatic carbocycles. The van der Waals surface area contributed by atoms with E-state index in [0.29, 0.717) is 46.6 Å². The van der Waals surface area contributed by atoms with E-state index in [9.17, 15) is 13.2 Å². The Bertz CT molecular complexity index is 1430. The summed E-state index contributed by atoms with van der Waals surface area (Å²) in [6.45, 7) is 4.90. The number of aromatic nitrogens is 1. The second-order valence-corrected chi connectivity index (χ2v) is 10.8. The summed E-state index contributed by atoms with van der Waals surface area (Å²) in [5.74, 6) is 0.866. The minimum Gasteiger partial charge on any atom is -0.490 e. The first-order valence-corrected chi connectivity index (χ1v) is 13.6. The lowest BCUT2D eigenvalue weighted by Crippen LogP contribution is -2.28. The van der Waals surface area contributed by atoms with Crippen molar-refractivity contribution >= 4 is 43.4 Å². The standard InChI is InChI=1S/C25H27N3O5S2/c1-4-6-14-28(3)35(30,31)19-12-10-17(11-13-19)24(29)27-25-26-20(16-34-25)22-15-18-8-7-9-21(32-5-2)23(18)33-22/h7-13,15-16H,4-6,14H2,1-3H3,(H,26,27,29). The number of para-hydroxylation sites is 1. The second kappa shape index (κ2) is 10.6. The molecule has 0 aliphatic carbocycles. The van der Waals surface area contributed by atoms with Gasteiger partial charge in [-0.25, -0.2) is 17.7 Å². The zero-order valence-electron chi connectivity index (χ0n) is 19.8. The van der Waals surface area contributed by atoms with E-state index < -0.39 is 10.0 Å². The van der Waals surface area contributed by atoms with Crippen molar-refractivity contribution in [1.82, 2.24) is 9.29 Å². The van der Waals surface area contributed by atoms with E-state index in [4.69, 9.17) is 9.15 Å². The molecule has 1 amide bonds. The normalized spacial score (nSPS) is 11.8. The number of thiazole rings is 1. The fourth-order valence-electron chi connectivity index (χ4n) is 3.50. The Morgan fingerprint density at radius 1 is 1.17 bits per heavy atom. The molecule has 0 bridgehead atoms. The molecular weight excluding hydrogens is 486 g/mol. The van der Waals surface area contributed by atoms with Crippen LogP contribution in [0.2, 0.25) is 0 Å². The molecule has 1 N–H and O–H groups in total. The highest BCUT2D eigenvalue weighted by molar-refractivity contribution is 7.89. The maximum atomic E-state index is 12.7. The van der Waals surface area contributed by atoms with Crippen LogP contribution in [0.25, 0.3) is 22.4 Å². The Morgan fingerprint density at radius 2 is 1.94 bits per heavy atom. The first kappa shape index (κ1) is 24.9. The summed E-state index contributed by atoms with van der Waals surface area (Å²) in [4.78, 5) is 17.3. The SMILES string of the molecule is CCCCN(C)S(=O)(=O)c1ccc(C(=O)Nc2nc(-c3cc4cccc(OCC)c4o3)cs2)cc1. The Morgan fingerprint density at radius 3 is 2.66 bits per heavy atom. The average molecular weight is 514 g/mol. The van der Waals surface area contributed by atoms with Crippen LogP contribution in [0.1, 0.15) is 37.0 Å². The lowest BCUT2D eigenvalue weighted by molar-refractivity contribution is 0.102. The van der Waals surface area contributed by atoms with Crippen molar-refractivity contribution in [3.63, 3.8) is 0 Å². The molecule has 0 aliphatic heterocycles. The van der Waals surface area contributed by atoms with E-state index in [-0.39, 0.29) is 10.8 Å². The molecule has 0 aliphatic rings. The van der Waals surface area contributed by atoms with Crippen LogP contribution in [0.3, 0.4) is 0 Å². The Kier molecular flexibility index (Phi) is 7.54. The fraction of sp³-hybridized carbons (Fsp3) is 0.280. The zero-order valence-corrected chi connectivity index (χ0v) is 21.4. The van der Waals surface area contributed by atoms with E-state index in [1.54, 1.807) is 12.4 Å². The first-order valence-electron chi connectivity index (χ1n) is 11.3. The third-order valence-corrected chi connectivity index (χ3v) is 8.06. The van der Waals surface area contributed by atoms with Crippen LogP contribution in [-0.4, -0.2) is 43.8 Å². The number of fused-ring (bicyclic) bond motifs is 1. The van der Waals surface area contributed by atoms with Gasteiger partial charge in [0.2, 0.25) is 10.0 Å². The highest BCUT2D eigenvalue weighted by Gasteiger charge is 2.21. The topological polar surface area (TPSA) is 102 Å². The maximum Gasteiger partial charge on any atom is 0.257 e. The number of nitrogens with zero attached hydrogens (tertiary/aromatic N) is 2. The highest BCUT2D eigenvalue weighted by atomic mass is 32.2. The van der Waals surface area contributed by atoms with Crippen molar-refractivity contribution in [3.05, 3.63) is 59.5 Å². The van der Waals surface area contributed by atoms with Gasteiger partial charge in [0.15, 0.2) is 22.2 Å². The molecule has 0 saturated carbocycles. The number of anilines is 1. The largest absolute Gasteiger partial charge is 0.490 e. The van der Waals surface area contributed by atoms with Gasteiger partial charge < -0.3 is 9.15 Å². The number of nitrogens with one attached hydrogen (secondary N) is 1. The predicted molar refractivity (Wildman–Crippen MR) is 138 cm³/mol. The van der Waals surface area contributed by atoms with Crippen LogP contribution >= 0.6 is 11.3 Å². The van der Waals surface area contributed by atoms with Crippen molar-refractivity contribution in [2.75, 3.05) is 25.5 Å². The van der Waals surface area contributed by atoms with Crippen molar-refractivity contribution < 1.29 is 22.4 Å². The lowest BCUT2D eigenvalue weighted by Gasteiger charge is -2.16. The predicted octanol–water partition coefficient (Wildman–Crippen LogP) is 5.63. The molecule has 2 aromatic heterocycles. The Labute approximate surface area is 208 Å². The molecule has 4 rings (SSSR count). The summed E-state index contributed by atoms with van der Waals surface area (Å²) in [7, 11) is -2.03. The van der Waals surface area contributed by atoms with Crippen LogP contribution in [0.15, 0.2) is 63.2 Å². The van der Waals surface area contributed by atoms with Gasteiger partial charge in [0, 0.05) is 29.9 Å². The van der Waals surface area contributed by atoms with Crippen molar-refractivity contribution in [2.45, 2.75) is 31.6 Å². The van der Waals surface area contributed by atoms with E-state index in [2.05, 4.69) is 10.3 Å². The number of sulfonamides is 1. The van der Waals surface area contributed by atoms with Gasteiger partial charge in [0.05, 0.1) is 11.5 Å².